The summed E-state index contributed by atoms with van der Waals surface area (Å²) >= 11 is 0. The first-order valence-electron chi connectivity index (χ1n) is 16.6. The van der Waals surface area contributed by atoms with Crippen LogP contribution in [0.15, 0.2) is 73.3 Å². The number of benzene rings is 2. The highest BCUT2D eigenvalue weighted by atomic mass is 19.4. The molecule has 0 radical (unpaired) electrons. The molecule has 51 heavy (non-hydrogen) atoms. The van der Waals surface area contributed by atoms with Crippen LogP contribution in [0.2, 0.25) is 0 Å². The van der Waals surface area contributed by atoms with Gasteiger partial charge in [-0.2, -0.15) is 26.3 Å². The van der Waals surface area contributed by atoms with Crippen LogP contribution in [0.3, 0.4) is 0 Å². The minimum Gasteiger partial charge on any atom is -0.462 e. The lowest BCUT2D eigenvalue weighted by atomic mass is 9.61. The van der Waals surface area contributed by atoms with E-state index in [9.17, 15) is 35.9 Å². The van der Waals surface area contributed by atoms with Crippen molar-refractivity contribution in [2.75, 3.05) is 13.2 Å². The lowest BCUT2D eigenvalue weighted by Gasteiger charge is -2.43. The first-order valence-corrected chi connectivity index (χ1v) is 16.6. The van der Waals surface area contributed by atoms with E-state index in [2.05, 4.69) is 19.9 Å². The third kappa shape index (κ3) is 8.43. The zero-order valence-electron chi connectivity index (χ0n) is 27.9. The molecule has 2 aliphatic rings. The van der Waals surface area contributed by atoms with Gasteiger partial charge in [-0.25, -0.2) is 24.7 Å². The second-order valence-electron chi connectivity index (χ2n) is 12.8. The molecular weight excluding hydrogens is 676 g/mol. The zero-order chi connectivity index (χ0) is 36.9. The molecule has 8 nitrogen and oxygen atoms in total. The van der Waals surface area contributed by atoms with E-state index in [1.807, 2.05) is 0 Å². The molecule has 2 fully saturated rings. The minimum absolute atomic E-state index is 0.133. The molecule has 2 aromatic heterocycles. The molecule has 0 bridgehead atoms. The van der Waals surface area contributed by atoms with Gasteiger partial charge in [-0.3, -0.25) is 4.79 Å². The number of ketones is 1. The van der Waals surface area contributed by atoms with Crippen molar-refractivity contribution in [2.24, 2.45) is 5.73 Å². The molecule has 0 atom stereocenters. The Labute approximate surface area is 290 Å². The van der Waals surface area contributed by atoms with E-state index in [1.165, 1.54) is 36.9 Å². The van der Waals surface area contributed by atoms with Crippen molar-refractivity contribution < 1.29 is 40.7 Å². The van der Waals surface area contributed by atoms with Crippen LogP contribution in [0.5, 0.6) is 0 Å². The molecule has 0 amide bonds. The molecule has 4 aromatic rings. The smallest absolute Gasteiger partial charge is 0.416 e. The number of aromatic nitrogens is 4. The van der Waals surface area contributed by atoms with E-state index in [-0.39, 0.29) is 24.5 Å². The van der Waals surface area contributed by atoms with Gasteiger partial charge in [0, 0.05) is 48.5 Å². The van der Waals surface area contributed by atoms with Gasteiger partial charge in [0.1, 0.15) is 11.6 Å². The summed E-state index contributed by atoms with van der Waals surface area (Å²) in [6, 6.07) is 11.4. The number of Topliss-reactive ketones (excluding diaryl/α,β-unsaturated/α-hetero) is 1. The van der Waals surface area contributed by atoms with E-state index in [4.69, 9.17) is 10.5 Å². The second-order valence-corrected chi connectivity index (χ2v) is 12.8. The van der Waals surface area contributed by atoms with Crippen molar-refractivity contribution in [3.8, 4) is 0 Å². The van der Waals surface area contributed by atoms with Gasteiger partial charge in [0.15, 0.2) is 5.78 Å². The summed E-state index contributed by atoms with van der Waals surface area (Å²) in [5, 5.41) is 0. The Morgan fingerprint density at radius 3 is 1.41 bits per heavy atom. The Bertz CT molecular complexity index is 1820. The van der Waals surface area contributed by atoms with Crippen molar-refractivity contribution in [1.29, 1.82) is 0 Å². The lowest BCUT2D eigenvalue weighted by Crippen LogP contribution is -2.39. The highest BCUT2D eigenvalue weighted by Crippen LogP contribution is 2.51. The largest absolute Gasteiger partial charge is 0.462 e. The van der Waals surface area contributed by atoms with Gasteiger partial charge in [0.2, 0.25) is 0 Å². The van der Waals surface area contributed by atoms with E-state index < -0.39 is 40.3 Å². The summed E-state index contributed by atoms with van der Waals surface area (Å²) < 4.78 is 85.2. The number of nitrogens with zero attached hydrogens (tertiary/aromatic N) is 4. The monoisotopic (exact) mass is 713 g/mol. The maximum absolute atomic E-state index is 13.4. The van der Waals surface area contributed by atoms with Crippen LogP contribution in [-0.4, -0.2) is 44.8 Å². The third-order valence-corrected chi connectivity index (χ3v) is 9.65. The molecule has 0 unspecified atom stereocenters. The molecule has 14 heteroatoms. The van der Waals surface area contributed by atoms with Gasteiger partial charge in [0.25, 0.3) is 0 Å². The number of esters is 1. The van der Waals surface area contributed by atoms with E-state index in [0.717, 1.165) is 25.0 Å². The first kappa shape index (κ1) is 37.5. The predicted octanol–water partition coefficient (Wildman–Crippen LogP) is 7.64. The molecule has 0 spiro atoms. The quantitative estimate of drug-likeness (QED) is 0.101. The number of carbonyl (C=O) groups is 2. The number of ether oxygens (including phenoxy) is 1. The van der Waals surface area contributed by atoms with E-state index in [0.29, 0.717) is 66.9 Å². The normalized spacial score (nSPS) is 16.2. The lowest BCUT2D eigenvalue weighted by molar-refractivity contribution is -0.140. The second kappa shape index (κ2) is 15.3. The summed E-state index contributed by atoms with van der Waals surface area (Å²) in [5.74, 6) is 0.0760. The number of nitrogens with two attached hydrogens (primary N) is 1. The van der Waals surface area contributed by atoms with Gasteiger partial charge in [-0.15, -0.1) is 0 Å². The van der Waals surface area contributed by atoms with Crippen molar-refractivity contribution in [2.45, 2.75) is 81.5 Å². The van der Waals surface area contributed by atoms with Crippen LogP contribution in [0.1, 0.15) is 100 Å². The molecule has 6 rings (SSSR count). The fraction of sp³-hybridized carbons (Fsp3) is 0.405. The Morgan fingerprint density at radius 2 is 1.08 bits per heavy atom. The molecule has 2 N–H and O–H groups in total. The van der Waals surface area contributed by atoms with Crippen LogP contribution in [-0.2, 0) is 40.8 Å². The van der Waals surface area contributed by atoms with Crippen molar-refractivity contribution in [3.05, 3.63) is 118 Å². The Morgan fingerprint density at radius 1 is 0.686 bits per heavy atom. The van der Waals surface area contributed by atoms with E-state index in [1.54, 1.807) is 31.2 Å². The average molecular weight is 714 g/mol. The molecule has 2 aromatic carbocycles. The maximum Gasteiger partial charge on any atom is 0.416 e. The third-order valence-electron chi connectivity index (χ3n) is 9.65. The zero-order valence-corrected chi connectivity index (χ0v) is 27.9. The molecule has 270 valence electrons. The number of carbonyl (C=O) groups excluding carboxylic acids is 2. The predicted molar refractivity (Wildman–Crippen MR) is 175 cm³/mol. The van der Waals surface area contributed by atoms with E-state index >= 15 is 0 Å². The maximum atomic E-state index is 13.4. The number of hydrogen-bond acceptors (Lipinski definition) is 8. The number of hydrogen-bond donors (Lipinski definition) is 1. The summed E-state index contributed by atoms with van der Waals surface area (Å²) in [6.07, 6.45) is 1.71. The Hall–Kier alpha value is -4.72. The fourth-order valence-corrected chi connectivity index (χ4v) is 6.75. The number of rotatable bonds is 10. The fourth-order valence-electron chi connectivity index (χ4n) is 6.75. The highest BCUT2D eigenvalue weighted by molar-refractivity contribution is 5.96. The summed E-state index contributed by atoms with van der Waals surface area (Å²) in [6.45, 7) is 1.81. The van der Waals surface area contributed by atoms with Crippen LogP contribution < -0.4 is 5.73 Å². The number of alkyl halides is 6. The highest BCUT2D eigenvalue weighted by Gasteiger charge is 2.47. The molecule has 0 aliphatic heterocycles. The first-order chi connectivity index (χ1) is 24.2. The topological polar surface area (TPSA) is 121 Å². The molecule has 0 saturated heterocycles. The van der Waals surface area contributed by atoms with Crippen molar-refractivity contribution in [1.82, 2.24) is 19.9 Å². The molecule has 2 heterocycles. The minimum atomic E-state index is -4.40. The number of halogens is 6. The average Bonchev–Trinajstić information content (AvgIpc) is 3.08. The van der Waals surface area contributed by atoms with Gasteiger partial charge >= 0.3 is 18.3 Å². The summed E-state index contributed by atoms with van der Waals surface area (Å²) in [4.78, 5) is 39.9. The SMILES string of the molecule is CCOC(=O)c1cnc(CC2(c3ccccc3C(F)(F)F)CCC2)nc1.NCC(=O)c1cnc(CC2(c3ccccc3C(F)(F)F)CCC2)nc1. The molecule has 2 aliphatic carbocycles. The van der Waals surface area contributed by atoms with Crippen LogP contribution in [0.25, 0.3) is 0 Å². The van der Waals surface area contributed by atoms with Gasteiger partial charge in [-0.05, 0) is 55.9 Å². The molecular formula is C37H37F6N5O3. The van der Waals surface area contributed by atoms with Crippen LogP contribution in [0.4, 0.5) is 26.3 Å². The van der Waals surface area contributed by atoms with Crippen molar-refractivity contribution in [3.63, 3.8) is 0 Å². The Balaban J connectivity index is 0.000000198. The Kier molecular flexibility index (Phi) is 11.2. The van der Waals surface area contributed by atoms with Gasteiger partial charge in [-0.1, -0.05) is 49.2 Å². The van der Waals surface area contributed by atoms with Gasteiger partial charge < -0.3 is 10.5 Å². The summed E-state index contributed by atoms with van der Waals surface area (Å²) in [7, 11) is 0. The van der Waals surface area contributed by atoms with Crippen LogP contribution >= 0.6 is 0 Å². The van der Waals surface area contributed by atoms with Gasteiger partial charge in [0.05, 0.1) is 35.4 Å². The standard InChI is InChI=1S/C19H19F3N2O2.C18H18F3N3O/c1-2-26-17(25)13-11-23-16(24-12-13)10-18(8-5-9-18)14-6-3-4-7-15(14)19(20,21)22;19-18(20,21)14-5-2-1-4-13(14)17(6-3-7-17)8-16-23-10-12(11-24-16)15(25)9-22/h3-4,6-7,11-12H,2,5,8-10H2,1H3;1-2,4-5,10-11H,3,6-9,22H2. The van der Waals surface area contributed by atoms with Crippen LogP contribution in [0, 0.1) is 0 Å². The summed E-state index contributed by atoms with van der Waals surface area (Å²) in [5.41, 5.74) is 4.04. The van der Waals surface area contributed by atoms with Crippen molar-refractivity contribution >= 4 is 11.8 Å². The molecule has 2 saturated carbocycles.